The van der Waals surface area contributed by atoms with E-state index in [1.165, 1.54) is 18.1 Å². The summed E-state index contributed by atoms with van der Waals surface area (Å²) in [6.45, 7) is 2.52. The molecule has 4 nitrogen and oxygen atoms in total. The highest BCUT2D eigenvalue weighted by atomic mass is 16.4. The van der Waals surface area contributed by atoms with Crippen LogP contribution in [0.25, 0.3) is 11.0 Å². The van der Waals surface area contributed by atoms with Gasteiger partial charge in [0.15, 0.2) is 0 Å². The Kier molecular flexibility index (Phi) is 5.34. The van der Waals surface area contributed by atoms with Crippen LogP contribution in [0.5, 0.6) is 0 Å². The van der Waals surface area contributed by atoms with Gasteiger partial charge in [0.2, 0.25) is 5.91 Å². The molecule has 1 heterocycles. The summed E-state index contributed by atoms with van der Waals surface area (Å²) < 4.78 is 5.29. The number of hydrogen-bond donors (Lipinski definition) is 1. The maximum absolute atomic E-state index is 12.3. The van der Waals surface area contributed by atoms with Gasteiger partial charge in [0.25, 0.3) is 0 Å². The molecule has 1 aliphatic rings. The van der Waals surface area contributed by atoms with Crippen LogP contribution in [0.3, 0.4) is 0 Å². The molecule has 1 N–H and O–H groups in total. The maximum atomic E-state index is 12.3. The summed E-state index contributed by atoms with van der Waals surface area (Å²) >= 11 is 0. The molecule has 0 atom stereocenters. The van der Waals surface area contributed by atoms with Gasteiger partial charge in [-0.1, -0.05) is 38.7 Å². The molecule has 1 aromatic carbocycles. The molecule has 1 amide bonds. The highest BCUT2D eigenvalue weighted by molar-refractivity contribution is 5.82. The highest BCUT2D eigenvalue weighted by Gasteiger charge is 2.21. The number of amides is 1. The molecule has 0 spiro atoms. The van der Waals surface area contributed by atoms with Gasteiger partial charge in [-0.3, -0.25) is 4.79 Å². The van der Waals surface area contributed by atoms with Crippen LogP contribution in [-0.2, 0) is 17.8 Å². The van der Waals surface area contributed by atoms with E-state index >= 15 is 0 Å². The lowest BCUT2D eigenvalue weighted by Crippen LogP contribution is -2.31. The molecule has 128 valence electrons. The van der Waals surface area contributed by atoms with Crippen molar-refractivity contribution in [2.24, 2.45) is 5.92 Å². The first kappa shape index (κ1) is 16.7. The average molecular weight is 327 g/mol. The molecule has 24 heavy (non-hydrogen) atoms. The maximum Gasteiger partial charge on any atom is 0.336 e. The smallest absolute Gasteiger partial charge is 0.336 e. The van der Waals surface area contributed by atoms with Gasteiger partial charge < -0.3 is 9.73 Å². The average Bonchev–Trinajstić information content (AvgIpc) is 2.60. The van der Waals surface area contributed by atoms with Crippen molar-refractivity contribution in [3.8, 4) is 0 Å². The third-order valence-electron chi connectivity index (χ3n) is 4.86. The number of fused-ring (bicyclic) bond motifs is 1. The number of carbonyl (C=O) groups excluding carboxylic acids is 1. The Morgan fingerprint density at radius 1 is 1.21 bits per heavy atom. The third-order valence-corrected chi connectivity index (χ3v) is 4.86. The molecule has 2 aromatic rings. The fraction of sp³-hybridized carbons (Fsp3) is 0.500. The van der Waals surface area contributed by atoms with Gasteiger partial charge in [-0.15, -0.1) is 0 Å². The first-order valence-corrected chi connectivity index (χ1v) is 9.00. The zero-order chi connectivity index (χ0) is 16.9. The molecule has 0 saturated heterocycles. The van der Waals surface area contributed by atoms with E-state index < -0.39 is 0 Å². The molecule has 1 aromatic heterocycles. The van der Waals surface area contributed by atoms with Crippen LogP contribution in [-0.4, -0.2) is 5.91 Å². The van der Waals surface area contributed by atoms with Gasteiger partial charge in [0, 0.05) is 23.9 Å². The SMILES string of the molecule is CCCc1ccc2oc(=O)cc(CNC(=O)C3CCCCC3)c2c1. The minimum atomic E-state index is -0.368. The molecular formula is C20H25NO3. The van der Waals surface area contributed by atoms with E-state index in [-0.39, 0.29) is 17.5 Å². The quantitative estimate of drug-likeness (QED) is 0.846. The van der Waals surface area contributed by atoms with E-state index in [1.54, 1.807) is 0 Å². The van der Waals surface area contributed by atoms with E-state index in [0.717, 1.165) is 49.5 Å². The van der Waals surface area contributed by atoms with Crippen molar-refractivity contribution < 1.29 is 9.21 Å². The normalized spacial score (nSPS) is 15.5. The van der Waals surface area contributed by atoms with Gasteiger partial charge in [-0.05, 0) is 42.5 Å². The van der Waals surface area contributed by atoms with Crippen LogP contribution in [0.1, 0.15) is 56.6 Å². The van der Waals surface area contributed by atoms with Crippen molar-refractivity contribution in [3.63, 3.8) is 0 Å². The van der Waals surface area contributed by atoms with Crippen molar-refractivity contribution >= 4 is 16.9 Å². The second-order valence-electron chi connectivity index (χ2n) is 6.72. The second kappa shape index (κ2) is 7.65. The Morgan fingerprint density at radius 3 is 2.75 bits per heavy atom. The number of benzene rings is 1. The minimum absolute atomic E-state index is 0.112. The van der Waals surface area contributed by atoms with E-state index in [1.807, 2.05) is 12.1 Å². The minimum Gasteiger partial charge on any atom is -0.423 e. The zero-order valence-electron chi connectivity index (χ0n) is 14.3. The number of aryl methyl sites for hydroxylation is 1. The molecule has 1 saturated carbocycles. The Balaban J connectivity index is 1.80. The van der Waals surface area contributed by atoms with Crippen LogP contribution < -0.4 is 10.9 Å². The van der Waals surface area contributed by atoms with Crippen molar-refractivity contribution in [1.82, 2.24) is 5.32 Å². The zero-order valence-corrected chi connectivity index (χ0v) is 14.3. The van der Waals surface area contributed by atoms with Crippen LogP contribution in [0.15, 0.2) is 33.5 Å². The lowest BCUT2D eigenvalue weighted by molar-refractivity contribution is -0.126. The van der Waals surface area contributed by atoms with Crippen LogP contribution in [0.2, 0.25) is 0 Å². The number of hydrogen-bond acceptors (Lipinski definition) is 3. The summed E-state index contributed by atoms with van der Waals surface area (Å²) in [5.74, 6) is 0.238. The Bertz CT molecular complexity index is 772. The molecule has 4 heteroatoms. The summed E-state index contributed by atoms with van der Waals surface area (Å²) in [7, 11) is 0. The predicted octanol–water partition coefficient (Wildman–Crippen LogP) is 3.94. The van der Waals surface area contributed by atoms with Crippen molar-refractivity contribution in [2.45, 2.75) is 58.4 Å². The van der Waals surface area contributed by atoms with Gasteiger partial charge in [0.1, 0.15) is 5.58 Å². The van der Waals surface area contributed by atoms with Crippen LogP contribution in [0, 0.1) is 5.92 Å². The third kappa shape index (κ3) is 3.86. The molecular weight excluding hydrogens is 302 g/mol. The van der Waals surface area contributed by atoms with Gasteiger partial charge in [-0.2, -0.15) is 0 Å². The summed E-state index contributed by atoms with van der Waals surface area (Å²) in [6, 6.07) is 7.43. The second-order valence-corrected chi connectivity index (χ2v) is 6.72. The van der Waals surface area contributed by atoms with Crippen molar-refractivity contribution in [3.05, 3.63) is 45.8 Å². The first-order valence-electron chi connectivity index (χ1n) is 9.00. The molecule has 0 radical (unpaired) electrons. The monoisotopic (exact) mass is 327 g/mol. The lowest BCUT2D eigenvalue weighted by Gasteiger charge is -2.20. The van der Waals surface area contributed by atoms with E-state index in [9.17, 15) is 9.59 Å². The van der Waals surface area contributed by atoms with Crippen molar-refractivity contribution in [2.75, 3.05) is 0 Å². The topological polar surface area (TPSA) is 59.3 Å². The summed E-state index contributed by atoms with van der Waals surface area (Å²) in [6.07, 6.45) is 7.51. The fourth-order valence-corrected chi connectivity index (χ4v) is 3.56. The summed E-state index contributed by atoms with van der Waals surface area (Å²) in [5, 5.41) is 3.94. The lowest BCUT2D eigenvalue weighted by atomic mass is 9.88. The molecule has 0 unspecified atom stereocenters. The Hall–Kier alpha value is -2.10. The summed E-state index contributed by atoms with van der Waals surface area (Å²) in [4.78, 5) is 24.1. The molecule has 0 bridgehead atoms. The van der Waals surface area contributed by atoms with E-state index in [0.29, 0.717) is 12.1 Å². The van der Waals surface area contributed by atoms with E-state index in [4.69, 9.17) is 4.42 Å². The Morgan fingerprint density at radius 2 is 2.00 bits per heavy atom. The largest absolute Gasteiger partial charge is 0.423 e. The number of nitrogens with one attached hydrogen (secondary N) is 1. The molecule has 1 fully saturated rings. The molecule has 0 aliphatic heterocycles. The molecule has 1 aliphatic carbocycles. The standard InChI is InChI=1S/C20H25NO3/c1-2-6-14-9-10-18-17(11-14)16(12-19(22)24-18)13-21-20(23)15-7-4-3-5-8-15/h9-12,15H,2-8,13H2,1H3,(H,21,23). The van der Waals surface area contributed by atoms with Crippen LogP contribution in [0.4, 0.5) is 0 Å². The highest BCUT2D eigenvalue weighted by Crippen LogP contribution is 2.24. The van der Waals surface area contributed by atoms with Gasteiger partial charge >= 0.3 is 5.63 Å². The number of rotatable bonds is 5. The van der Waals surface area contributed by atoms with Gasteiger partial charge in [0.05, 0.1) is 0 Å². The first-order chi connectivity index (χ1) is 11.7. The van der Waals surface area contributed by atoms with Crippen LogP contribution >= 0.6 is 0 Å². The predicted molar refractivity (Wildman–Crippen MR) is 94.9 cm³/mol. The Labute approximate surface area is 142 Å². The summed E-state index contributed by atoms with van der Waals surface area (Å²) in [5.41, 5.74) is 2.28. The van der Waals surface area contributed by atoms with Gasteiger partial charge in [-0.25, -0.2) is 4.79 Å². The fourth-order valence-electron chi connectivity index (χ4n) is 3.56. The molecule has 3 rings (SSSR count). The van der Waals surface area contributed by atoms with Crippen molar-refractivity contribution in [1.29, 1.82) is 0 Å². The number of carbonyl (C=O) groups is 1. The van der Waals surface area contributed by atoms with E-state index in [2.05, 4.69) is 18.3 Å².